The highest BCUT2D eigenvalue weighted by Crippen LogP contribution is 2.43. The predicted molar refractivity (Wildman–Crippen MR) is 260 cm³/mol. The molecule has 12 rings (SSSR count). The van der Waals surface area contributed by atoms with Gasteiger partial charge >= 0.3 is 0 Å². The average molecular weight is 804 g/mol. The van der Waals surface area contributed by atoms with Crippen molar-refractivity contribution in [1.29, 1.82) is 0 Å². The molecular formula is C58H37N5. The van der Waals surface area contributed by atoms with E-state index in [1.807, 2.05) is 49.1 Å². The number of benzene rings is 7. The lowest BCUT2D eigenvalue weighted by Crippen LogP contribution is -1.94. The molecule has 0 spiro atoms. The van der Waals surface area contributed by atoms with Crippen LogP contribution in [0.2, 0.25) is 0 Å². The molecule has 5 heterocycles. The lowest BCUT2D eigenvalue weighted by Gasteiger charge is -2.14. The summed E-state index contributed by atoms with van der Waals surface area (Å²) in [6.45, 7) is 0. The number of rotatable bonds is 7. The molecule has 0 saturated heterocycles. The largest absolute Gasteiger partial charge is 0.309 e. The quantitative estimate of drug-likeness (QED) is 0.151. The molecule has 0 fully saturated rings. The van der Waals surface area contributed by atoms with E-state index in [0.717, 1.165) is 89.1 Å². The first-order chi connectivity index (χ1) is 31.2. The van der Waals surface area contributed by atoms with Gasteiger partial charge in [0, 0.05) is 74.1 Å². The maximum absolute atomic E-state index is 5.37. The Morgan fingerprint density at radius 1 is 0.302 bits per heavy atom. The van der Waals surface area contributed by atoms with Gasteiger partial charge in [-0.1, -0.05) is 133 Å². The van der Waals surface area contributed by atoms with Gasteiger partial charge in [-0.2, -0.15) is 0 Å². The second-order valence-electron chi connectivity index (χ2n) is 15.9. The molecule has 0 radical (unpaired) electrons. The van der Waals surface area contributed by atoms with Crippen molar-refractivity contribution in [2.24, 2.45) is 0 Å². The summed E-state index contributed by atoms with van der Waals surface area (Å²) in [4.78, 5) is 19.0. The summed E-state index contributed by atoms with van der Waals surface area (Å²) in [5.41, 5.74) is 17.1. The summed E-state index contributed by atoms with van der Waals surface area (Å²) < 4.78 is 2.38. The van der Waals surface area contributed by atoms with Crippen LogP contribution in [0.5, 0.6) is 0 Å². The van der Waals surface area contributed by atoms with E-state index in [0.29, 0.717) is 0 Å². The molecule has 294 valence electrons. The molecule has 0 aliphatic carbocycles. The second-order valence-corrected chi connectivity index (χ2v) is 15.9. The van der Waals surface area contributed by atoms with E-state index in [1.165, 1.54) is 27.2 Å². The number of fused-ring (bicyclic) bond motifs is 7. The zero-order valence-corrected chi connectivity index (χ0v) is 34.1. The Labute approximate surface area is 364 Å². The molecule has 5 aromatic heterocycles. The fourth-order valence-electron chi connectivity index (χ4n) is 9.15. The summed E-state index contributed by atoms with van der Waals surface area (Å²) in [7, 11) is 0. The first kappa shape index (κ1) is 36.3. The zero-order chi connectivity index (χ0) is 41.7. The Morgan fingerprint density at radius 3 is 1.41 bits per heavy atom. The van der Waals surface area contributed by atoms with Crippen LogP contribution >= 0.6 is 0 Å². The minimum absolute atomic E-state index is 0.909. The lowest BCUT2D eigenvalue weighted by molar-refractivity contribution is 1.18. The minimum Gasteiger partial charge on any atom is -0.309 e. The molecule has 0 N–H and O–H groups in total. The van der Waals surface area contributed by atoms with Gasteiger partial charge in [-0.25, -0.2) is 9.97 Å². The Bertz CT molecular complexity index is 3520. The molecule has 0 saturated carbocycles. The molecule has 0 aliphatic rings. The Morgan fingerprint density at radius 2 is 0.794 bits per heavy atom. The van der Waals surface area contributed by atoms with Crippen LogP contribution in [-0.4, -0.2) is 24.5 Å². The number of hydrogen-bond donors (Lipinski definition) is 0. The van der Waals surface area contributed by atoms with Crippen LogP contribution in [0.25, 0.3) is 116 Å². The molecule has 0 amide bonds. The molecule has 0 bridgehead atoms. The van der Waals surface area contributed by atoms with Gasteiger partial charge in [0.1, 0.15) is 0 Å². The number of nitrogens with zero attached hydrogens (tertiary/aromatic N) is 5. The number of pyridine rings is 4. The van der Waals surface area contributed by atoms with Gasteiger partial charge in [-0.15, -0.1) is 0 Å². The third-order valence-corrected chi connectivity index (χ3v) is 12.2. The summed E-state index contributed by atoms with van der Waals surface area (Å²) in [5.74, 6) is 0. The smallest absolute Gasteiger partial charge is 0.0788 e. The van der Waals surface area contributed by atoms with E-state index in [4.69, 9.17) is 9.97 Å². The number of aromatic nitrogens is 5. The molecule has 12 aromatic rings. The summed E-state index contributed by atoms with van der Waals surface area (Å²) in [6, 6.07) is 71.2. The average Bonchev–Trinajstić information content (AvgIpc) is 3.71. The third-order valence-electron chi connectivity index (χ3n) is 12.2. The van der Waals surface area contributed by atoms with Crippen LogP contribution in [0.1, 0.15) is 0 Å². The van der Waals surface area contributed by atoms with Crippen LogP contribution in [0, 0.1) is 0 Å². The van der Waals surface area contributed by atoms with Crippen molar-refractivity contribution in [2.75, 3.05) is 0 Å². The highest BCUT2D eigenvalue weighted by Gasteiger charge is 2.20. The van der Waals surface area contributed by atoms with Gasteiger partial charge in [0.25, 0.3) is 0 Å². The summed E-state index contributed by atoms with van der Waals surface area (Å²) in [5, 5.41) is 5.96. The monoisotopic (exact) mass is 803 g/mol. The highest BCUT2D eigenvalue weighted by atomic mass is 15.0. The SMILES string of the molecule is c1ccc(-n2c3ccccc3c3c4c(ccc32)c(-c2ccc(-c3cc(-c5ccc(-c6ccncc6)cc5)nc(-c5ccc(-c6ccncc6)cc5)c3)cc2)nc2ccccc24)cc1. The van der Waals surface area contributed by atoms with Gasteiger partial charge in [0.15, 0.2) is 0 Å². The first-order valence-corrected chi connectivity index (χ1v) is 21.2. The van der Waals surface area contributed by atoms with E-state index < -0.39 is 0 Å². The van der Waals surface area contributed by atoms with Crippen LogP contribution in [-0.2, 0) is 0 Å². The number of para-hydroxylation sites is 3. The van der Waals surface area contributed by atoms with Gasteiger partial charge < -0.3 is 4.57 Å². The van der Waals surface area contributed by atoms with Gasteiger partial charge in [0.05, 0.1) is 33.6 Å². The standard InChI is InChI=1S/C58H37N5/c1-2-8-47(9-3-1)63-54-13-7-5-11-49(54)57-55(63)27-26-50-56(57)48-10-4-6-12-51(48)62-58(50)45-24-18-40(19-25-45)46-36-52(43-20-14-38(15-21-43)41-28-32-59-33-29-41)61-53(37-46)44-22-16-39(17-23-44)42-30-34-60-35-31-42/h1-37H. The van der Waals surface area contributed by atoms with Gasteiger partial charge in [0.2, 0.25) is 0 Å². The van der Waals surface area contributed by atoms with Gasteiger partial charge in [-0.3, -0.25) is 9.97 Å². The van der Waals surface area contributed by atoms with E-state index >= 15 is 0 Å². The normalized spacial score (nSPS) is 11.5. The minimum atomic E-state index is 0.909. The van der Waals surface area contributed by atoms with E-state index in [-0.39, 0.29) is 0 Å². The van der Waals surface area contributed by atoms with E-state index in [9.17, 15) is 0 Å². The highest BCUT2D eigenvalue weighted by molar-refractivity contribution is 6.29. The van der Waals surface area contributed by atoms with E-state index in [2.05, 4.69) is 190 Å². The lowest BCUT2D eigenvalue weighted by atomic mass is 9.94. The van der Waals surface area contributed by atoms with Crippen LogP contribution in [0.3, 0.4) is 0 Å². The molecular weight excluding hydrogens is 767 g/mol. The van der Waals surface area contributed by atoms with Crippen molar-refractivity contribution in [3.05, 3.63) is 225 Å². The van der Waals surface area contributed by atoms with Crippen molar-refractivity contribution >= 4 is 43.5 Å². The summed E-state index contributed by atoms with van der Waals surface area (Å²) >= 11 is 0. The molecule has 5 heteroatoms. The second kappa shape index (κ2) is 15.2. The Kier molecular flexibility index (Phi) is 8.75. The third kappa shape index (κ3) is 6.42. The fourth-order valence-corrected chi connectivity index (χ4v) is 9.15. The fraction of sp³-hybridized carbons (Fsp3) is 0. The van der Waals surface area contributed by atoms with Crippen LogP contribution in [0.4, 0.5) is 0 Å². The van der Waals surface area contributed by atoms with Crippen molar-refractivity contribution in [1.82, 2.24) is 24.5 Å². The zero-order valence-electron chi connectivity index (χ0n) is 34.1. The first-order valence-electron chi connectivity index (χ1n) is 21.2. The molecule has 63 heavy (non-hydrogen) atoms. The maximum atomic E-state index is 5.37. The van der Waals surface area contributed by atoms with Crippen LogP contribution in [0.15, 0.2) is 225 Å². The predicted octanol–water partition coefficient (Wildman–Crippen LogP) is 14.7. The van der Waals surface area contributed by atoms with Gasteiger partial charge in [-0.05, 0) is 100 Å². The van der Waals surface area contributed by atoms with Crippen molar-refractivity contribution in [3.63, 3.8) is 0 Å². The van der Waals surface area contributed by atoms with Crippen molar-refractivity contribution in [3.8, 4) is 72.8 Å². The molecule has 5 nitrogen and oxygen atoms in total. The topological polar surface area (TPSA) is 56.5 Å². The molecule has 0 unspecified atom stereocenters. The van der Waals surface area contributed by atoms with Crippen LogP contribution < -0.4 is 0 Å². The van der Waals surface area contributed by atoms with Crippen molar-refractivity contribution < 1.29 is 0 Å². The number of hydrogen-bond acceptors (Lipinski definition) is 4. The maximum Gasteiger partial charge on any atom is 0.0788 e. The van der Waals surface area contributed by atoms with E-state index in [1.54, 1.807) is 0 Å². The summed E-state index contributed by atoms with van der Waals surface area (Å²) in [6.07, 6.45) is 7.31. The molecule has 0 atom stereocenters. The Hall–Kier alpha value is -8.54. The van der Waals surface area contributed by atoms with Crippen molar-refractivity contribution in [2.45, 2.75) is 0 Å². The molecule has 7 aromatic carbocycles. The Balaban J connectivity index is 0.990. The molecule has 0 aliphatic heterocycles.